The van der Waals surface area contributed by atoms with Gasteiger partial charge in [-0.3, -0.25) is 14.4 Å². The molecular weight excluding hydrogens is 961 g/mol. The van der Waals surface area contributed by atoms with E-state index in [-0.39, 0.29) is 42.8 Å². The smallest absolute Gasteiger partial charge is 0.409 e. The largest absolute Gasteiger partial charge is 0.466 e. The molecule has 0 bridgehead atoms. The van der Waals surface area contributed by atoms with Gasteiger partial charge in [0.2, 0.25) is 0 Å². The quantitative estimate of drug-likeness (QED) is 0.0196. The summed E-state index contributed by atoms with van der Waals surface area (Å²) in [6, 6.07) is 0. The lowest BCUT2D eigenvalue weighted by atomic mass is 10.1. The van der Waals surface area contributed by atoms with Crippen LogP contribution in [0.1, 0.15) is 245 Å². The Morgan fingerprint density at radius 1 is 0.479 bits per heavy atom. The van der Waals surface area contributed by atoms with Crippen molar-refractivity contribution in [2.24, 2.45) is 0 Å². The molecule has 14 heteroatoms. The summed E-state index contributed by atoms with van der Waals surface area (Å²) in [6.07, 6.45) is 42.9. The van der Waals surface area contributed by atoms with Crippen molar-refractivity contribution in [3.8, 4) is 0 Å². The van der Waals surface area contributed by atoms with Gasteiger partial charge in [-0.2, -0.15) is 0 Å². The summed E-state index contributed by atoms with van der Waals surface area (Å²) in [5, 5.41) is 20.2. The first kappa shape index (κ1) is 68.8. The van der Waals surface area contributed by atoms with E-state index in [4.69, 9.17) is 18.9 Å². The molecule has 73 heavy (non-hydrogen) atoms. The number of carbonyl (C=O) groups excluding carboxylic acids is 4. The van der Waals surface area contributed by atoms with Gasteiger partial charge >= 0.3 is 24.0 Å². The van der Waals surface area contributed by atoms with Gasteiger partial charge in [0.15, 0.2) is 0 Å². The number of amides is 1. The second-order valence-corrected chi connectivity index (χ2v) is 22.9. The first-order chi connectivity index (χ1) is 35.7. The Morgan fingerprint density at radius 2 is 0.904 bits per heavy atom. The zero-order chi connectivity index (χ0) is 52.9. The summed E-state index contributed by atoms with van der Waals surface area (Å²) >= 11 is 0. The predicted octanol–water partition coefficient (Wildman–Crippen LogP) is 14.7. The van der Waals surface area contributed by atoms with Crippen LogP contribution in [-0.2, 0) is 33.3 Å². The Kier molecular flexibility index (Phi) is 50.1. The van der Waals surface area contributed by atoms with Crippen LogP contribution in [0, 0.1) is 0 Å². The monoisotopic (exact) mass is 1070 g/mol. The highest BCUT2D eigenvalue weighted by Gasteiger charge is 2.16. The summed E-state index contributed by atoms with van der Waals surface area (Å²) in [6.45, 7) is 9.88. The van der Waals surface area contributed by atoms with Crippen molar-refractivity contribution in [2.45, 2.75) is 257 Å². The van der Waals surface area contributed by atoms with Crippen LogP contribution >= 0.6 is 21.6 Å². The van der Waals surface area contributed by atoms with E-state index in [2.05, 4.69) is 43.1 Å². The zero-order valence-corrected chi connectivity index (χ0v) is 48.2. The van der Waals surface area contributed by atoms with Crippen LogP contribution in [0.4, 0.5) is 4.79 Å². The number of aliphatic hydroxyl groups excluding tert-OH is 2. The fraction of sp³-hybridized carbons (Fsp3) is 0.864. The summed E-state index contributed by atoms with van der Waals surface area (Å²) in [7, 11) is 3.19. The molecule has 1 rings (SSSR count). The number of allylic oxidation sites excluding steroid dienone is 2. The molecule has 1 aliphatic heterocycles. The topological polar surface area (TPSA) is 152 Å². The molecule has 1 aliphatic rings. The minimum atomic E-state index is -0.375. The van der Waals surface area contributed by atoms with Gasteiger partial charge in [0.25, 0.3) is 0 Å². The van der Waals surface area contributed by atoms with E-state index in [9.17, 15) is 29.4 Å². The summed E-state index contributed by atoms with van der Waals surface area (Å²) in [5.41, 5.74) is 0. The van der Waals surface area contributed by atoms with Crippen molar-refractivity contribution >= 4 is 45.6 Å². The molecule has 0 aromatic rings. The number of hydrogen-bond donors (Lipinski definition) is 2. The molecule has 0 aromatic carbocycles. The molecule has 2 atom stereocenters. The molecule has 0 spiro atoms. The molecule has 0 aromatic heterocycles. The Morgan fingerprint density at radius 3 is 1.40 bits per heavy atom. The van der Waals surface area contributed by atoms with E-state index in [0.717, 1.165) is 142 Å². The Labute approximate surface area is 453 Å². The highest BCUT2D eigenvalue weighted by Crippen LogP contribution is 2.21. The average Bonchev–Trinajstić information content (AvgIpc) is 3.66. The van der Waals surface area contributed by atoms with Gasteiger partial charge in [-0.15, -0.1) is 0 Å². The van der Waals surface area contributed by atoms with Gasteiger partial charge in [-0.05, 0) is 129 Å². The van der Waals surface area contributed by atoms with Crippen molar-refractivity contribution in [2.75, 3.05) is 70.7 Å². The maximum absolute atomic E-state index is 13.2. The third-order valence-electron chi connectivity index (χ3n) is 13.3. The van der Waals surface area contributed by atoms with Crippen LogP contribution in [0.3, 0.4) is 0 Å². The molecule has 1 heterocycles. The van der Waals surface area contributed by atoms with Gasteiger partial charge in [0, 0.05) is 43.9 Å². The van der Waals surface area contributed by atoms with Crippen LogP contribution in [-0.4, -0.2) is 127 Å². The number of unbranched alkanes of at least 4 members (excludes halogenated alkanes) is 18. The molecule has 0 saturated carbocycles. The molecule has 0 radical (unpaired) electrons. The molecule has 426 valence electrons. The van der Waals surface area contributed by atoms with Crippen molar-refractivity contribution in [3.63, 3.8) is 0 Å². The summed E-state index contributed by atoms with van der Waals surface area (Å²) in [4.78, 5) is 54.4. The van der Waals surface area contributed by atoms with E-state index in [1.54, 1.807) is 26.5 Å². The number of nitrogens with zero attached hydrogens (tertiary/aromatic N) is 2. The Balaban J connectivity index is 2.29. The molecule has 2 N–H and O–H groups in total. The third kappa shape index (κ3) is 47.9. The van der Waals surface area contributed by atoms with Crippen molar-refractivity contribution < 1.29 is 48.3 Å². The normalized spacial score (nSPS) is 14.1. The van der Waals surface area contributed by atoms with Gasteiger partial charge in [0.05, 0.1) is 25.4 Å². The minimum absolute atomic E-state index is 0.137. The van der Waals surface area contributed by atoms with Crippen LogP contribution in [0.25, 0.3) is 0 Å². The van der Waals surface area contributed by atoms with Crippen molar-refractivity contribution in [1.82, 2.24) is 9.80 Å². The lowest BCUT2D eigenvalue weighted by Crippen LogP contribution is -2.34. The lowest BCUT2D eigenvalue weighted by Gasteiger charge is -2.22. The molecule has 1 amide bonds. The lowest BCUT2D eigenvalue weighted by molar-refractivity contribution is -0.144. The molecule has 0 unspecified atom stereocenters. The predicted molar refractivity (Wildman–Crippen MR) is 305 cm³/mol. The van der Waals surface area contributed by atoms with Gasteiger partial charge < -0.3 is 39.0 Å². The standard InChI is InChI=1S/C59H108N2O10S2/c1-3-5-7-23-36-54(62)38-25-17-13-9-11-15-19-27-40-56(64)68-48-33-31-46-61(59(67)71-51-53-73-72-52-50-70-58(66)42-35-45-60-43-29-21-22-30-44-60)47-32-34-49-69-57(65)41-28-20-16-12-10-14-18-26-39-55(63)37-24-8-6-4-2/h17-18,25-26,54-55,62-63H,3-16,19-24,27-53H2,1-2H3/b25-17-,26-18-/t54-,55-/m0/s1. The first-order valence-electron chi connectivity index (χ1n) is 29.8. The van der Waals surface area contributed by atoms with E-state index >= 15 is 0 Å². The highest BCUT2D eigenvalue weighted by atomic mass is 33.1. The summed E-state index contributed by atoms with van der Waals surface area (Å²) < 4.78 is 22.1. The second kappa shape index (κ2) is 53.2. The average molecular weight is 1070 g/mol. The number of rotatable bonds is 51. The van der Waals surface area contributed by atoms with Crippen molar-refractivity contribution in [1.29, 1.82) is 0 Å². The zero-order valence-electron chi connectivity index (χ0n) is 46.6. The van der Waals surface area contributed by atoms with Gasteiger partial charge in [0.1, 0.15) is 13.2 Å². The molecule has 1 saturated heterocycles. The Hall–Kier alpha value is -2.26. The third-order valence-corrected chi connectivity index (χ3v) is 15.7. The number of aliphatic hydroxyl groups is 2. The minimum Gasteiger partial charge on any atom is -0.466 e. The van der Waals surface area contributed by atoms with Crippen LogP contribution in [0.5, 0.6) is 0 Å². The number of likely N-dealkylation sites (tertiary alicyclic amines) is 1. The summed E-state index contributed by atoms with van der Waals surface area (Å²) in [5.74, 6) is 0.810. The number of ether oxygens (including phenoxy) is 4. The number of carbonyl (C=O) groups is 4. The van der Waals surface area contributed by atoms with Gasteiger partial charge in [-0.25, -0.2) is 4.79 Å². The van der Waals surface area contributed by atoms with E-state index in [1.165, 1.54) is 64.2 Å². The molecule has 1 fully saturated rings. The Bertz CT molecular complexity index is 1280. The SMILES string of the molecule is CCCCCC[C@H](O)C/C=C\CCCCCCCC(=O)OCCCCN(CCCCOC(=O)CCCCCCC/C=C\C[C@@H](O)CCCCCC)C(=O)OCCSSCCOC(=O)CCCN1CCCCCC1. The van der Waals surface area contributed by atoms with Crippen LogP contribution < -0.4 is 0 Å². The highest BCUT2D eigenvalue weighted by molar-refractivity contribution is 8.76. The molecule has 0 aliphatic carbocycles. The number of esters is 3. The second-order valence-electron chi connectivity index (χ2n) is 20.2. The molecule has 12 nitrogen and oxygen atoms in total. The van der Waals surface area contributed by atoms with E-state index in [0.29, 0.717) is 89.4 Å². The molecular formula is C59H108N2O10S2. The maximum Gasteiger partial charge on any atom is 0.409 e. The van der Waals surface area contributed by atoms with Crippen LogP contribution in [0.15, 0.2) is 24.3 Å². The van der Waals surface area contributed by atoms with E-state index < -0.39 is 0 Å². The van der Waals surface area contributed by atoms with Gasteiger partial charge in [-0.1, -0.05) is 162 Å². The number of hydrogen-bond acceptors (Lipinski definition) is 13. The fourth-order valence-electron chi connectivity index (χ4n) is 8.78. The van der Waals surface area contributed by atoms with Crippen LogP contribution in [0.2, 0.25) is 0 Å². The maximum atomic E-state index is 13.2. The fourth-order valence-corrected chi connectivity index (χ4v) is 10.4. The first-order valence-corrected chi connectivity index (χ1v) is 32.2. The van der Waals surface area contributed by atoms with Crippen molar-refractivity contribution in [3.05, 3.63) is 24.3 Å². The van der Waals surface area contributed by atoms with E-state index in [1.807, 2.05) is 0 Å².